The van der Waals surface area contributed by atoms with Crippen molar-refractivity contribution in [1.29, 1.82) is 0 Å². The van der Waals surface area contributed by atoms with E-state index in [1.165, 1.54) is 32.1 Å². The van der Waals surface area contributed by atoms with Gasteiger partial charge in [0.25, 0.3) is 0 Å². The van der Waals surface area contributed by atoms with Crippen molar-refractivity contribution >= 4 is 17.3 Å². The molecule has 0 aliphatic carbocycles. The molecule has 0 bridgehead atoms. The lowest BCUT2D eigenvalue weighted by Gasteiger charge is -2.06. The van der Waals surface area contributed by atoms with E-state index in [2.05, 4.69) is 6.58 Å². The van der Waals surface area contributed by atoms with E-state index in [9.17, 15) is 4.79 Å². The number of esters is 1. The van der Waals surface area contributed by atoms with Crippen LogP contribution in [0.25, 0.3) is 0 Å². The van der Waals surface area contributed by atoms with E-state index < -0.39 is 0 Å². The van der Waals surface area contributed by atoms with E-state index >= 15 is 0 Å². The fourth-order valence-corrected chi connectivity index (χ4v) is 2.32. The van der Waals surface area contributed by atoms with Crippen molar-refractivity contribution in [3.8, 4) is 0 Å². The number of rotatable bonds is 11. The van der Waals surface area contributed by atoms with Gasteiger partial charge in [0, 0.05) is 11.4 Å². The largest absolute Gasteiger partial charge is 0.462 e. The highest BCUT2D eigenvalue weighted by molar-refractivity contribution is 5.91. The highest BCUT2D eigenvalue weighted by Gasteiger charge is 2.08. The van der Waals surface area contributed by atoms with Gasteiger partial charge < -0.3 is 16.2 Å². The van der Waals surface area contributed by atoms with E-state index in [0.717, 1.165) is 19.3 Å². The van der Waals surface area contributed by atoms with Gasteiger partial charge in [-0.2, -0.15) is 0 Å². The second kappa shape index (κ2) is 10.7. The molecule has 0 unspecified atom stereocenters. The Bertz CT molecular complexity index is 452. The van der Waals surface area contributed by atoms with Crippen molar-refractivity contribution in [2.75, 3.05) is 18.1 Å². The van der Waals surface area contributed by atoms with Crippen molar-refractivity contribution in [1.82, 2.24) is 0 Å². The predicted octanol–water partition coefficient (Wildman–Crippen LogP) is 4.31. The summed E-state index contributed by atoms with van der Waals surface area (Å²) < 4.78 is 5.24. The minimum Gasteiger partial charge on any atom is -0.462 e. The smallest absolute Gasteiger partial charge is 0.338 e. The molecule has 0 aromatic heterocycles. The molecule has 1 rings (SSSR count). The predicted molar refractivity (Wildman–Crippen MR) is 92.7 cm³/mol. The van der Waals surface area contributed by atoms with Crippen molar-refractivity contribution in [3.05, 3.63) is 36.4 Å². The molecule has 0 amide bonds. The molecule has 4 N–H and O–H groups in total. The fourth-order valence-electron chi connectivity index (χ4n) is 2.32. The van der Waals surface area contributed by atoms with Crippen LogP contribution >= 0.6 is 0 Å². The summed E-state index contributed by atoms with van der Waals surface area (Å²) in [6.07, 6.45) is 11.3. The number of hydrogen-bond donors (Lipinski definition) is 2. The van der Waals surface area contributed by atoms with Gasteiger partial charge in [-0.1, -0.05) is 38.2 Å². The average Bonchev–Trinajstić information content (AvgIpc) is 2.48. The van der Waals surface area contributed by atoms with Gasteiger partial charge in [-0.25, -0.2) is 4.79 Å². The Morgan fingerprint density at radius 3 is 2.09 bits per heavy atom. The number of carbonyl (C=O) groups is 1. The van der Waals surface area contributed by atoms with Crippen molar-refractivity contribution in [2.45, 2.75) is 51.4 Å². The molecule has 4 nitrogen and oxygen atoms in total. The van der Waals surface area contributed by atoms with Gasteiger partial charge in [-0.05, 0) is 37.5 Å². The summed E-state index contributed by atoms with van der Waals surface area (Å²) in [5.74, 6) is -0.358. The Morgan fingerprint density at radius 1 is 0.955 bits per heavy atom. The summed E-state index contributed by atoms with van der Waals surface area (Å²) in [6, 6.07) is 4.79. The molecule has 0 aliphatic heterocycles. The summed E-state index contributed by atoms with van der Waals surface area (Å²) in [5, 5.41) is 0. The first-order valence-corrected chi connectivity index (χ1v) is 8.07. The summed E-state index contributed by atoms with van der Waals surface area (Å²) in [5.41, 5.74) is 12.7. The van der Waals surface area contributed by atoms with Gasteiger partial charge >= 0.3 is 5.97 Å². The van der Waals surface area contributed by atoms with Crippen LogP contribution in [0.15, 0.2) is 30.9 Å². The highest BCUT2D eigenvalue weighted by Crippen LogP contribution is 2.15. The maximum absolute atomic E-state index is 11.8. The number of allylic oxidation sites excluding steroid dienone is 1. The lowest BCUT2D eigenvalue weighted by Crippen LogP contribution is -2.07. The molecule has 0 saturated heterocycles. The van der Waals surface area contributed by atoms with E-state index in [1.54, 1.807) is 18.2 Å². The van der Waals surface area contributed by atoms with Gasteiger partial charge in [0.15, 0.2) is 0 Å². The SMILES string of the molecule is C=CCCCCCCCCCOC(=O)c1cc(N)cc(N)c1. The van der Waals surface area contributed by atoms with Crippen LogP contribution in [-0.2, 0) is 4.74 Å². The summed E-state index contributed by atoms with van der Waals surface area (Å²) in [4.78, 5) is 11.8. The van der Waals surface area contributed by atoms with Crippen molar-refractivity contribution in [2.24, 2.45) is 0 Å². The van der Waals surface area contributed by atoms with E-state index in [-0.39, 0.29) is 5.97 Å². The van der Waals surface area contributed by atoms with Crippen LogP contribution < -0.4 is 11.5 Å². The first-order chi connectivity index (χ1) is 10.6. The topological polar surface area (TPSA) is 78.3 Å². The second-order valence-electron chi connectivity index (χ2n) is 5.58. The first kappa shape index (κ1) is 18.1. The molecule has 0 spiro atoms. The number of nitrogens with two attached hydrogens (primary N) is 2. The van der Waals surface area contributed by atoms with Crippen molar-refractivity contribution in [3.63, 3.8) is 0 Å². The molecule has 0 atom stereocenters. The van der Waals surface area contributed by atoms with E-state index in [4.69, 9.17) is 16.2 Å². The number of hydrogen-bond acceptors (Lipinski definition) is 4. The van der Waals surface area contributed by atoms with Crippen LogP contribution in [0, 0.1) is 0 Å². The lowest BCUT2D eigenvalue weighted by molar-refractivity contribution is 0.0498. The molecule has 0 fully saturated rings. The zero-order chi connectivity index (χ0) is 16.2. The van der Waals surface area contributed by atoms with Crippen LogP contribution in [0.5, 0.6) is 0 Å². The third-order valence-corrected chi connectivity index (χ3v) is 3.50. The molecule has 4 heteroatoms. The third kappa shape index (κ3) is 7.72. The zero-order valence-corrected chi connectivity index (χ0v) is 13.4. The fraction of sp³-hybridized carbons (Fsp3) is 0.500. The monoisotopic (exact) mass is 304 g/mol. The molecule has 0 aliphatic rings. The Hall–Kier alpha value is -1.97. The van der Waals surface area contributed by atoms with Crippen LogP contribution in [-0.4, -0.2) is 12.6 Å². The van der Waals surface area contributed by atoms with Crippen LogP contribution in [0.1, 0.15) is 61.7 Å². The first-order valence-electron chi connectivity index (χ1n) is 8.07. The Labute approximate surface area is 133 Å². The standard InChI is InChI=1S/C18H28N2O2/c1-2-3-4-5-6-7-8-9-10-11-22-18(21)15-12-16(19)14-17(20)13-15/h2,12-14H,1,3-11,19-20H2. The second-order valence-corrected chi connectivity index (χ2v) is 5.58. The van der Waals surface area contributed by atoms with Gasteiger partial charge in [-0.3, -0.25) is 0 Å². The van der Waals surface area contributed by atoms with E-state index in [0.29, 0.717) is 23.5 Å². The number of anilines is 2. The number of carbonyl (C=O) groups excluding carboxylic acids is 1. The van der Waals surface area contributed by atoms with Gasteiger partial charge in [0.2, 0.25) is 0 Å². The lowest BCUT2D eigenvalue weighted by atomic mass is 10.1. The minimum absolute atomic E-state index is 0.358. The Kier molecular flexibility index (Phi) is 8.80. The van der Waals surface area contributed by atoms with Gasteiger partial charge in [-0.15, -0.1) is 6.58 Å². The molecule has 0 saturated carbocycles. The maximum atomic E-state index is 11.8. The van der Waals surface area contributed by atoms with E-state index in [1.807, 2.05) is 6.08 Å². The highest BCUT2D eigenvalue weighted by atomic mass is 16.5. The maximum Gasteiger partial charge on any atom is 0.338 e. The van der Waals surface area contributed by atoms with Crippen LogP contribution in [0.2, 0.25) is 0 Å². The normalized spacial score (nSPS) is 10.4. The van der Waals surface area contributed by atoms with Crippen LogP contribution in [0.4, 0.5) is 11.4 Å². The average molecular weight is 304 g/mol. The van der Waals surface area contributed by atoms with Crippen LogP contribution in [0.3, 0.4) is 0 Å². The molecular formula is C18H28N2O2. The quantitative estimate of drug-likeness (QED) is 0.276. The molecule has 0 radical (unpaired) electrons. The van der Waals surface area contributed by atoms with Gasteiger partial charge in [0.05, 0.1) is 12.2 Å². The molecule has 22 heavy (non-hydrogen) atoms. The Balaban J connectivity index is 2.07. The number of ether oxygens (including phenoxy) is 1. The number of nitrogen functional groups attached to an aromatic ring is 2. The number of benzene rings is 1. The van der Waals surface area contributed by atoms with Gasteiger partial charge in [0.1, 0.15) is 0 Å². The summed E-state index contributed by atoms with van der Waals surface area (Å²) in [6.45, 7) is 4.17. The molecule has 1 aromatic rings. The Morgan fingerprint density at radius 2 is 1.50 bits per heavy atom. The summed E-state index contributed by atoms with van der Waals surface area (Å²) in [7, 11) is 0. The molecule has 122 valence electrons. The number of unbranched alkanes of at least 4 members (excludes halogenated alkanes) is 7. The molecule has 1 aromatic carbocycles. The minimum atomic E-state index is -0.358. The zero-order valence-electron chi connectivity index (χ0n) is 13.4. The van der Waals surface area contributed by atoms with Crippen molar-refractivity contribution < 1.29 is 9.53 Å². The third-order valence-electron chi connectivity index (χ3n) is 3.50. The summed E-state index contributed by atoms with van der Waals surface area (Å²) >= 11 is 0. The molecule has 0 heterocycles. The molecular weight excluding hydrogens is 276 g/mol.